The Labute approximate surface area is 152 Å². The predicted octanol–water partition coefficient (Wildman–Crippen LogP) is 5.21. The molecule has 2 N–H and O–H groups in total. The zero-order valence-corrected chi connectivity index (χ0v) is 15.0. The maximum absolute atomic E-state index is 6.08. The number of anilines is 4. The third-order valence-corrected chi connectivity index (χ3v) is 3.86. The van der Waals surface area contributed by atoms with Gasteiger partial charge in [0.05, 0.1) is 28.8 Å². The van der Waals surface area contributed by atoms with Gasteiger partial charge in [-0.15, -0.1) is 0 Å². The lowest BCUT2D eigenvalue weighted by molar-refractivity contribution is 0.647. The van der Waals surface area contributed by atoms with Crippen LogP contribution in [0.25, 0.3) is 0 Å². The Morgan fingerprint density at radius 3 is 2.28 bits per heavy atom. The Morgan fingerprint density at radius 2 is 1.64 bits per heavy atom. The highest BCUT2D eigenvalue weighted by atomic mass is 35.5. The number of aromatic nitrogens is 3. The summed E-state index contributed by atoms with van der Waals surface area (Å²) in [5.41, 5.74) is 3.81. The molecule has 3 rings (SSSR count). The normalized spacial score (nSPS) is 10.7. The average Bonchev–Trinajstić information content (AvgIpc) is 2.60. The molecule has 25 heavy (non-hydrogen) atoms. The Morgan fingerprint density at radius 1 is 0.920 bits per heavy atom. The van der Waals surface area contributed by atoms with Crippen LogP contribution >= 0.6 is 11.6 Å². The van der Waals surface area contributed by atoms with Gasteiger partial charge in [-0.05, 0) is 36.1 Å². The molecule has 5 nitrogen and oxygen atoms in total. The fourth-order valence-corrected chi connectivity index (χ4v) is 2.58. The van der Waals surface area contributed by atoms with E-state index < -0.39 is 0 Å². The molecule has 0 saturated carbocycles. The van der Waals surface area contributed by atoms with E-state index in [0.29, 0.717) is 16.9 Å². The number of benzene rings is 1. The van der Waals surface area contributed by atoms with Crippen molar-refractivity contribution in [3.63, 3.8) is 0 Å². The monoisotopic (exact) mass is 353 g/mol. The number of rotatable bonds is 6. The largest absolute Gasteiger partial charge is 0.352 e. The highest BCUT2D eigenvalue weighted by Crippen LogP contribution is 2.23. The molecular formula is C19H20ClN5. The second kappa shape index (κ2) is 7.94. The van der Waals surface area contributed by atoms with Gasteiger partial charge in [0.2, 0.25) is 5.95 Å². The van der Waals surface area contributed by atoms with Gasteiger partial charge in [0.15, 0.2) is 0 Å². The number of halogens is 1. The van der Waals surface area contributed by atoms with Crippen LogP contribution in [0.4, 0.5) is 23.0 Å². The van der Waals surface area contributed by atoms with E-state index in [1.165, 1.54) is 5.56 Å². The van der Waals surface area contributed by atoms with Gasteiger partial charge in [0, 0.05) is 18.1 Å². The molecule has 0 aliphatic rings. The SMILES string of the molecule is CC(C)Cc1ccc(Nc2ncc(Nc3ccncc3Cl)cn2)cc1. The molecular weight excluding hydrogens is 334 g/mol. The highest BCUT2D eigenvalue weighted by molar-refractivity contribution is 6.33. The summed E-state index contributed by atoms with van der Waals surface area (Å²) in [6.45, 7) is 4.43. The minimum atomic E-state index is 0.544. The second-order valence-corrected chi connectivity index (χ2v) is 6.60. The van der Waals surface area contributed by atoms with Gasteiger partial charge in [-0.25, -0.2) is 9.97 Å². The number of nitrogens with zero attached hydrogens (tertiary/aromatic N) is 3. The average molecular weight is 354 g/mol. The van der Waals surface area contributed by atoms with Crippen LogP contribution in [0, 0.1) is 5.92 Å². The Balaban J connectivity index is 1.63. The molecule has 2 aromatic heterocycles. The lowest BCUT2D eigenvalue weighted by atomic mass is 10.0. The first-order chi connectivity index (χ1) is 12.1. The van der Waals surface area contributed by atoms with E-state index in [2.05, 4.69) is 51.6 Å². The van der Waals surface area contributed by atoms with E-state index in [1.54, 1.807) is 30.9 Å². The summed E-state index contributed by atoms with van der Waals surface area (Å²) in [6.07, 6.45) is 7.75. The summed E-state index contributed by atoms with van der Waals surface area (Å²) in [5.74, 6) is 1.19. The van der Waals surface area contributed by atoms with Gasteiger partial charge in [0.1, 0.15) is 0 Å². The van der Waals surface area contributed by atoms with Crippen molar-refractivity contribution in [2.24, 2.45) is 5.92 Å². The van der Waals surface area contributed by atoms with E-state index >= 15 is 0 Å². The molecule has 0 aliphatic heterocycles. The smallest absolute Gasteiger partial charge is 0.227 e. The molecule has 128 valence electrons. The predicted molar refractivity (Wildman–Crippen MR) is 103 cm³/mol. The van der Waals surface area contributed by atoms with Crippen molar-refractivity contribution < 1.29 is 0 Å². The van der Waals surface area contributed by atoms with Crippen molar-refractivity contribution >= 4 is 34.6 Å². The maximum Gasteiger partial charge on any atom is 0.227 e. The van der Waals surface area contributed by atoms with Gasteiger partial charge in [-0.3, -0.25) is 4.98 Å². The van der Waals surface area contributed by atoms with Crippen LogP contribution in [0.1, 0.15) is 19.4 Å². The summed E-state index contributed by atoms with van der Waals surface area (Å²) < 4.78 is 0. The second-order valence-electron chi connectivity index (χ2n) is 6.20. The molecule has 0 aliphatic carbocycles. The zero-order valence-electron chi connectivity index (χ0n) is 14.2. The molecule has 2 heterocycles. The summed E-state index contributed by atoms with van der Waals surface area (Å²) in [4.78, 5) is 12.6. The quantitative estimate of drug-likeness (QED) is 0.636. The molecule has 1 aromatic carbocycles. The highest BCUT2D eigenvalue weighted by Gasteiger charge is 2.03. The molecule has 0 atom stereocenters. The Bertz CT molecular complexity index is 816. The maximum atomic E-state index is 6.08. The fourth-order valence-electron chi connectivity index (χ4n) is 2.41. The van der Waals surface area contributed by atoms with Crippen molar-refractivity contribution in [3.8, 4) is 0 Å². The first-order valence-electron chi connectivity index (χ1n) is 8.14. The molecule has 0 spiro atoms. The molecule has 3 aromatic rings. The van der Waals surface area contributed by atoms with Crippen molar-refractivity contribution in [1.29, 1.82) is 0 Å². The Kier molecular flexibility index (Phi) is 5.46. The van der Waals surface area contributed by atoms with Crippen LogP contribution in [0.3, 0.4) is 0 Å². The Hall–Kier alpha value is -2.66. The number of nitrogens with one attached hydrogen (secondary N) is 2. The van der Waals surface area contributed by atoms with Gasteiger partial charge in [-0.2, -0.15) is 0 Å². The standard InChI is InChI=1S/C19H20ClN5/c1-13(2)9-14-3-5-15(6-4-14)25-19-22-10-16(11-23-19)24-18-7-8-21-12-17(18)20/h3-8,10-13H,9H2,1-2H3,(H,21,24)(H,22,23,25). The van der Waals surface area contributed by atoms with Crippen molar-refractivity contribution in [2.75, 3.05) is 10.6 Å². The van der Waals surface area contributed by atoms with E-state index in [9.17, 15) is 0 Å². The van der Waals surface area contributed by atoms with Gasteiger partial charge in [-0.1, -0.05) is 37.6 Å². The minimum absolute atomic E-state index is 0.544. The number of hydrogen-bond donors (Lipinski definition) is 2. The van der Waals surface area contributed by atoms with Crippen LogP contribution in [0.5, 0.6) is 0 Å². The summed E-state index contributed by atoms with van der Waals surface area (Å²) in [6, 6.07) is 10.1. The van der Waals surface area contributed by atoms with Crippen LogP contribution < -0.4 is 10.6 Å². The first kappa shape index (κ1) is 17.2. The first-order valence-corrected chi connectivity index (χ1v) is 8.52. The van der Waals surface area contributed by atoms with Crippen LogP contribution in [0.2, 0.25) is 5.02 Å². The van der Waals surface area contributed by atoms with Gasteiger partial charge < -0.3 is 10.6 Å². The summed E-state index contributed by atoms with van der Waals surface area (Å²) in [7, 11) is 0. The molecule has 0 unspecified atom stereocenters. The number of pyridine rings is 1. The lowest BCUT2D eigenvalue weighted by Crippen LogP contribution is -1.99. The fraction of sp³-hybridized carbons (Fsp3) is 0.211. The minimum Gasteiger partial charge on any atom is -0.352 e. The number of hydrogen-bond acceptors (Lipinski definition) is 5. The van der Waals surface area contributed by atoms with E-state index in [1.807, 2.05) is 12.1 Å². The molecule has 0 bridgehead atoms. The van der Waals surface area contributed by atoms with Crippen molar-refractivity contribution in [3.05, 3.63) is 65.7 Å². The molecule has 0 saturated heterocycles. The topological polar surface area (TPSA) is 62.7 Å². The summed E-state index contributed by atoms with van der Waals surface area (Å²) in [5, 5.41) is 6.91. The lowest BCUT2D eigenvalue weighted by Gasteiger charge is -2.09. The third-order valence-electron chi connectivity index (χ3n) is 3.56. The third kappa shape index (κ3) is 4.90. The molecule has 0 radical (unpaired) electrons. The summed E-state index contributed by atoms with van der Waals surface area (Å²) >= 11 is 6.08. The van der Waals surface area contributed by atoms with Crippen LogP contribution in [0.15, 0.2) is 55.1 Å². The van der Waals surface area contributed by atoms with Gasteiger partial charge >= 0.3 is 0 Å². The molecule has 6 heteroatoms. The van der Waals surface area contributed by atoms with Gasteiger partial charge in [0.25, 0.3) is 0 Å². The zero-order chi connectivity index (χ0) is 17.6. The van der Waals surface area contributed by atoms with E-state index in [0.717, 1.165) is 23.5 Å². The van der Waals surface area contributed by atoms with Crippen LogP contribution in [-0.2, 0) is 6.42 Å². The van der Waals surface area contributed by atoms with E-state index in [-0.39, 0.29) is 0 Å². The van der Waals surface area contributed by atoms with Crippen molar-refractivity contribution in [1.82, 2.24) is 15.0 Å². The molecule has 0 amide bonds. The van der Waals surface area contributed by atoms with E-state index in [4.69, 9.17) is 11.6 Å². The van der Waals surface area contributed by atoms with Crippen molar-refractivity contribution in [2.45, 2.75) is 20.3 Å². The van der Waals surface area contributed by atoms with Crippen LogP contribution in [-0.4, -0.2) is 15.0 Å². The molecule has 0 fully saturated rings.